The lowest BCUT2D eigenvalue weighted by Gasteiger charge is -2.30. The fourth-order valence-electron chi connectivity index (χ4n) is 4.05. The maximum absolute atomic E-state index is 12.8. The van der Waals surface area contributed by atoms with Crippen molar-refractivity contribution in [2.24, 2.45) is 5.92 Å². The molecule has 0 spiro atoms. The van der Waals surface area contributed by atoms with Crippen molar-refractivity contribution in [3.8, 4) is 0 Å². The third-order valence-electron chi connectivity index (χ3n) is 6.13. The number of unbranched alkanes of at least 4 members (excludes halogenated alkanes) is 1. The molecular weight excluding hydrogens is 394 g/mol. The van der Waals surface area contributed by atoms with Crippen LogP contribution < -0.4 is 16.0 Å². The molecule has 1 aliphatic carbocycles. The van der Waals surface area contributed by atoms with Gasteiger partial charge in [0.15, 0.2) is 0 Å². The smallest absolute Gasteiger partial charge is 0.319 e. The minimum absolute atomic E-state index is 0.0955. The topological polar surface area (TPSA) is 108 Å². The highest BCUT2D eigenvalue weighted by molar-refractivity contribution is 5.94. The summed E-state index contributed by atoms with van der Waals surface area (Å²) in [5, 5.41) is 17.4. The second-order valence-electron chi connectivity index (χ2n) is 8.55. The van der Waals surface area contributed by atoms with Gasteiger partial charge in [-0.3, -0.25) is 9.59 Å². The van der Waals surface area contributed by atoms with E-state index in [0.717, 1.165) is 38.5 Å². The number of urea groups is 1. The largest absolute Gasteiger partial charge is 0.481 e. The molecule has 1 aromatic carbocycles. The van der Waals surface area contributed by atoms with E-state index in [9.17, 15) is 14.4 Å². The van der Waals surface area contributed by atoms with Crippen LogP contribution in [0.15, 0.2) is 24.3 Å². The van der Waals surface area contributed by atoms with Gasteiger partial charge in [-0.1, -0.05) is 45.2 Å². The van der Waals surface area contributed by atoms with Crippen molar-refractivity contribution >= 4 is 23.6 Å². The molecule has 3 amide bonds. The second kappa shape index (κ2) is 13.0. The maximum atomic E-state index is 12.8. The average molecular weight is 432 g/mol. The lowest BCUT2D eigenvalue weighted by molar-refractivity contribution is -0.137. The molecule has 0 aliphatic heterocycles. The molecule has 1 saturated carbocycles. The van der Waals surface area contributed by atoms with Gasteiger partial charge in [-0.25, -0.2) is 4.79 Å². The molecule has 2 atom stereocenters. The molecule has 0 radical (unpaired) electrons. The Morgan fingerprint density at radius 3 is 2.55 bits per heavy atom. The van der Waals surface area contributed by atoms with E-state index in [1.165, 1.54) is 5.56 Å². The number of carboxylic acid groups (broad SMARTS) is 1. The number of rotatable bonds is 11. The lowest BCUT2D eigenvalue weighted by Crippen LogP contribution is -2.52. The quantitative estimate of drug-likeness (QED) is 0.383. The van der Waals surface area contributed by atoms with Gasteiger partial charge < -0.3 is 21.1 Å². The van der Waals surface area contributed by atoms with E-state index >= 15 is 0 Å². The molecule has 1 fully saturated rings. The van der Waals surface area contributed by atoms with Gasteiger partial charge in [0.05, 0.1) is 0 Å². The van der Waals surface area contributed by atoms with Crippen LogP contribution in [0, 0.1) is 5.92 Å². The first kappa shape index (κ1) is 24.7. The molecule has 1 aliphatic rings. The number of carbonyl (C=O) groups is 3. The van der Waals surface area contributed by atoms with Crippen LogP contribution in [-0.2, 0) is 9.59 Å². The maximum Gasteiger partial charge on any atom is 0.319 e. The zero-order valence-electron chi connectivity index (χ0n) is 18.8. The number of aliphatic carboxylic acids is 1. The fraction of sp³-hybridized carbons (Fsp3) is 0.625. The summed E-state index contributed by atoms with van der Waals surface area (Å²) in [5.74, 6) is -0.496. The number of nitrogens with one attached hydrogen (secondary N) is 3. The van der Waals surface area contributed by atoms with E-state index in [1.54, 1.807) is 0 Å². The third kappa shape index (κ3) is 8.59. The van der Waals surface area contributed by atoms with Gasteiger partial charge in [0.2, 0.25) is 5.91 Å². The molecule has 2 rings (SSSR count). The molecule has 7 heteroatoms. The summed E-state index contributed by atoms with van der Waals surface area (Å²) in [5.41, 5.74) is 1.88. The predicted molar refractivity (Wildman–Crippen MR) is 122 cm³/mol. The molecule has 2 unspecified atom stereocenters. The Morgan fingerprint density at radius 1 is 1.13 bits per heavy atom. The minimum atomic E-state index is -0.831. The number of hydrogen-bond acceptors (Lipinski definition) is 3. The highest BCUT2D eigenvalue weighted by Gasteiger charge is 2.30. The van der Waals surface area contributed by atoms with Gasteiger partial charge in [-0.2, -0.15) is 0 Å². The van der Waals surface area contributed by atoms with Gasteiger partial charge in [0.1, 0.15) is 6.04 Å². The van der Waals surface area contributed by atoms with Crippen LogP contribution in [0.5, 0.6) is 0 Å². The van der Waals surface area contributed by atoms with Crippen molar-refractivity contribution < 1.29 is 19.5 Å². The van der Waals surface area contributed by atoms with Gasteiger partial charge >= 0.3 is 12.0 Å². The Hall–Kier alpha value is -2.57. The van der Waals surface area contributed by atoms with Gasteiger partial charge in [-0.05, 0) is 61.6 Å². The Morgan fingerprint density at radius 2 is 1.87 bits per heavy atom. The highest BCUT2D eigenvalue weighted by atomic mass is 16.4. The lowest BCUT2D eigenvalue weighted by atomic mass is 9.83. The van der Waals surface area contributed by atoms with Crippen molar-refractivity contribution in [3.63, 3.8) is 0 Å². The van der Waals surface area contributed by atoms with Crippen LogP contribution in [0.1, 0.15) is 83.1 Å². The zero-order valence-corrected chi connectivity index (χ0v) is 18.8. The minimum Gasteiger partial charge on any atom is -0.481 e. The first-order valence-corrected chi connectivity index (χ1v) is 11.6. The molecule has 0 heterocycles. The first-order valence-electron chi connectivity index (χ1n) is 11.6. The number of anilines is 1. The Bertz CT molecular complexity index is 731. The molecule has 7 nitrogen and oxygen atoms in total. The van der Waals surface area contributed by atoms with Crippen molar-refractivity contribution in [1.29, 1.82) is 0 Å². The second-order valence-corrected chi connectivity index (χ2v) is 8.55. The Labute approximate surface area is 185 Å². The van der Waals surface area contributed by atoms with Crippen LogP contribution in [0.4, 0.5) is 10.5 Å². The van der Waals surface area contributed by atoms with Crippen molar-refractivity contribution in [2.45, 2.75) is 83.6 Å². The first-order chi connectivity index (χ1) is 14.9. The van der Waals surface area contributed by atoms with Gasteiger partial charge in [0.25, 0.3) is 0 Å². The number of carbonyl (C=O) groups excluding carboxylic acids is 2. The molecule has 4 N–H and O–H groups in total. The summed E-state index contributed by atoms with van der Waals surface area (Å²) in [7, 11) is 0. The van der Waals surface area contributed by atoms with Crippen LogP contribution in [0.3, 0.4) is 0 Å². The normalized spacial score (nSPS) is 16.2. The van der Waals surface area contributed by atoms with Crippen LogP contribution in [0.2, 0.25) is 0 Å². The zero-order chi connectivity index (χ0) is 22.6. The van der Waals surface area contributed by atoms with Gasteiger partial charge in [0, 0.05) is 18.7 Å². The number of benzene rings is 1. The summed E-state index contributed by atoms with van der Waals surface area (Å²) >= 11 is 0. The van der Waals surface area contributed by atoms with E-state index in [-0.39, 0.29) is 24.3 Å². The number of amides is 3. The molecule has 0 saturated heterocycles. The molecule has 172 valence electrons. The molecule has 0 aromatic heterocycles. The van der Waals surface area contributed by atoms with Crippen molar-refractivity contribution in [2.75, 3.05) is 11.9 Å². The summed E-state index contributed by atoms with van der Waals surface area (Å²) in [6.45, 7) is 4.70. The Kier molecular flexibility index (Phi) is 10.3. The van der Waals surface area contributed by atoms with E-state index in [2.05, 4.69) is 35.9 Å². The molecule has 31 heavy (non-hydrogen) atoms. The van der Waals surface area contributed by atoms with E-state index in [0.29, 0.717) is 31.0 Å². The number of carboxylic acids is 1. The summed E-state index contributed by atoms with van der Waals surface area (Å²) in [6.07, 6.45) is 7.36. The third-order valence-corrected chi connectivity index (χ3v) is 6.13. The molecule has 0 bridgehead atoms. The predicted octanol–water partition coefficient (Wildman–Crippen LogP) is 4.64. The van der Waals surface area contributed by atoms with Crippen LogP contribution >= 0.6 is 0 Å². The Balaban J connectivity index is 1.96. The molecular formula is C24H37N3O4. The van der Waals surface area contributed by atoms with Crippen molar-refractivity contribution in [1.82, 2.24) is 10.6 Å². The fourth-order valence-corrected chi connectivity index (χ4v) is 4.05. The summed E-state index contributed by atoms with van der Waals surface area (Å²) in [4.78, 5) is 36.2. The van der Waals surface area contributed by atoms with Crippen LogP contribution in [0.25, 0.3) is 0 Å². The highest BCUT2D eigenvalue weighted by Crippen LogP contribution is 2.27. The SMILES string of the molecule is CCC(C)c1cccc(NC(=O)NC(C(=O)NCCCCC(=O)O)C2CCCCC2)c1. The van der Waals surface area contributed by atoms with Crippen molar-refractivity contribution in [3.05, 3.63) is 29.8 Å². The summed E-state index contributed by atoms with van der Waals surface area (Å²) < 4.78 is 0. The standard InChI is InChI=1S/C24H37N3O4/c1-3-17(2)19-12-9-13-20(16-19)26-24(31)27-22(18-10-5-4-6-11-18)23(30)25-15-8-7-14-21(28)29/h9,12-13,16-18,22H,3-8,10-11,14-15H2,1-2H3,(H,25,30)(H,28,29)(H2,26,27,31). The van der Waals surface area contributed by atoms with E-state index in [4.69, 9.17) is 5.11 Å². The van der Waals surface area contributed by atoms with E-state index in [1.807, 2.05) is 18.2 Å². The number of hydrogen-bond donors (Lipinski definition) is 4. The monoisotopic (exact) mass is 431 g/mol. The van der Waals surface area contributed by atoms with E-state index < -0.39 is 12.0 Å². The average Bonchev–Trinajstić information content (AvgIpc) is 2.77. The summed E-state index contributed by atoms with van der Waals surface area (Å²) in [6, 6.07) is 6.85. The van der Waals surface area contributed by atoms with Gasteiger partial charge in [-0.15, -0.1) is 0 Å². The molecule has 1 aromatic rings. The van der Waals surface area contributed by atoms with Crippen LogP contribution in [-0.4, -0.2) is 35.6 Å².